The Morgan fingerprint density at radius 1 is 1.29 bits per heavy atom. The van der Waals surface area contributed by atoms with E-state index in [1.165, 1.54) is 6.20 Å². The highest BCUT2D eigenvalue weighted by Crippen LogP contribution is 2.16. The molecule has 2 aliphatic rings. The molecule has 0 aromatic carbocycles. The number of allylic oxidation sites excluding steroid dienone is 4. The van der Waals surface area contributed by atoms with Crippen molar-refractivity contribution in [2.24, 2.45) is 10.2 Å². The molecule has 2 aliphatic heterocycles. The van der Waals surface area contributed by atoms with E-state index in [1.807, 2.05) is 4.90 Å². The molecule has 1 N–H and O–H groups in total. The average molecular weight is 307 g/mol. The first-order chi connectivity index (χ1) is 10.1. The average Bonchev–Trinajstić information content (AvgIpc) is 2.52. The van der Waals surface area contributed by atoms with Crippen LogP contribution in [0.4, 0.5) is 0 Å². The zero-order chi connectivity index (χ0) is 15.2. The van der Waals surface area contributed by atoms with E-state index in [9.17, 15) is 10.0 Å². The maximum atomic E-state index is 10.6. The molecule has 0 saturated carbocycles. The third-order valence-corrected chi connectivity index (χ3v) is 3.57. The van der Waals surface area contributed by atoms with E-state index in [-0.39, 0.29) is 0 Å². The van der Waals surface area contributed by atoms with Crippen molar-refractivity contribution in [1.29, 1.82) is 0 Å². The lowest BCUT2D eigenvalue weighted by Crippen LogP contribution is -2.47. The van der Waals surface area contributed by atoms with Gasteiger partial charge in [0.2, 0.25) is 11.5 Å². The second kappa shape index (κ2) is 7.09. The van der Waals surface area contributed by atoms with Crippen LogP contribution >= 0.6 is 12.2 Å². The fourth-order valence-corrected chi connectivity index (χ4v) is 2.20. The Morgan fingerprint density at radius 2 is 2.00 bits per heavy atom. The first kappa shape index (κ1) is 15.3. The van der Waals surface area contributed by atoms with E-state index in [0.717, 1.165) is 11.5 Å². The van der Waals surface area contributed by atoms with Crippen molar-refractivity contribution in [3.8, 4) is 0 Å². The van der Waals surface area contributed by atoms with Crippen LogP contribution in [0.25, 0.3) is 0 Å². The number of carbonyl (C=O) groups is 1. The smallest absolute Gasteiger partial charge is 0.216 e. The number of azo groups is 1. The second-order valence-electron chi connectivity index (χ2n) is 4.63. The lowest BCUT2D eigenvalue weighted by atomic mass is 10.2. The van der Waals surface area contributed by atoms with E-state index < -0.39 is 0 Å². The van der Waals surface area contributed by atoms with Crippen molar-refractivity contribution >= 4 is 23.7 Å². The van der Waals surface area contributed by atoms with Crippen LogP contribution in [0.3, 0.4) is 0 Å². The number of thiocarbonyl (C=S) groups is 1. The number of rotatable bonds is 2. The van der Waals surface area contributed by atoms with Gasteiger partial charge < -0.3 is 9.80 Å². The third kappa shape index (κ3) is 3.96. The summed E-state index contributed by atoms with van der Waals surface area (Å²) >= 11 is 5.23. The Labute approximate surface area is 128 Å². The monoisotopic (exact) mass is 307 g/mol. The van der Waals surface area contributed by atoms with Crippen LogP contribution in [0.5, 0.6) is 0 Å². The number of hydrogen-bond donors (Lipinski definition) is 1. The summed E-state index contributed by atoms with van der Waals surface area (Å²) in [5.41, 5.74) is 1.11. The van der Waals surface area contributed by atoms with E-state index >= 15 is 0 Å². The Kier molecular flexibility index (Phi) is 5.18. The van der Waals surface area contributed by atoms with E-state index in [0.29, 0.717) is 42.7 Å². The largest absolute Gasteiger partial charge is 0.343 e. The van der Waals surface area contributed by atoms with Gasteiger partial charge in [0.15, 0.2) is 0 Å². The summed E-state index contributed by atoms with van der Waals surface area (Å²) < 4.78 is 0. The molecule has 7 nitrogen and oxygen atoms in total. The minimum absolute atomic E-state index is 0.389. The minimum atomic E-state index is 0.389. The van der Waals surface area contributed by atoms with E-state index in [1.54, 1.807) is 30.1 Å². The molecule has 21 heavy (non-hydrogen) atoms. The van der Waals surface area contributed by atoms with Gasteiger partial charge in [-0.05, 0) is 31.3 Å². The van der Waals surface area contributed by atoms with Crippen molar-refractivity contribution in [3.05, 3.63) is 35.8 Å². The van der Waals surface area contributed by atoms with E-state index in [4.69, 9.17) is 12.2 Å². The topological polar surface area (TPSA) is 71.7 Å². The first-order valence-electron chi connectivity index (χ1n) is 6.55. The summed E-state index contributed by atoms with van der Waals surface area (Å²) in [5, 5.41) is 19.1. The fraction of sp³-hybridized carbons (Fsp3) is 0.385. The summed E-state index contributed by atoms with van der Waals surface area (Å²) in [6.07, 6.45) is 7.62. The molecule has 0 atom stereocenters. The Hall–Kier alpha value is -2.06. The van der Waals surface area contributed by atoms with Gasteiger partial charge in [-0.3, -0.25) is 10.0 Å². The van der Waals surface area contributed by atoms with Crippen molar-refractivity contribution in [1.82, 2.24) is 14.9 Å². The van der Waals surface area contributed by atoms with Crippen LogP contribution in [0, 0.1) is 0 Å². The molecule has 0 aromatic rings. The Bertz CT molecular complexity index is 533. The van der Waals surface area contributed by atoms with Crippen LogP contribution in [0.1, 0.15) is 6.92 Å². The van der Waals surface area contributed by atoms with Crippen LogP contribution in [0.2, 0.25) is 0 Å². The standard InChI is InChI=1S/C13H17N5O2S/c1-11(12-4-2-3-5-18(12)20)14-15-13(21)17-8-6-16(10-19)7-9-17/h2-5,10,20H,6-9H2,1H3/b12-11-,15-14?. The molecule has 0 radical (unpaired) electrons. The highest BCUT2D eigenvalue weighted by atomic mass is 32.1. The maximum absolute atomic E-state index is 10.6. The van der Waals surface area contributed by atoms with Gasteiger partial charge in [0.25, 0.3) is 0 Å². The lowest BCUT2D eigenvalue weighted by molar-refractivity contribution is -0.119. The molecule has 1 saturated heterocycles. The van der Waals surface area contributed by atoms with Gasteiger partial charge in [0, 0.05) is 32.4 Å². The summed E-state index contributed by atoms with van der Waals surface area (Å²) in [6.45, 7) is 4.33. The first-order valence-corrected chi connectivity index (χ1v) is 6.96. The number of nitrogens with zero attached hydrogens (tertiary/aromatic N) is 5. The molecule has 1 fully saturated rings. The van der Waals surface area contributed by atoms with Crippen molar-refractivity contribution < 1.29 is 10.0 Å². The second-order valence-corrected chi connectivity index (χ2v) is 4.99. The molecule has 2 rings (SSSR count). The Morgan fingerprint density at radius 3 is 2.62 bits per heavy atom. The molecule has 0 spiro atoms. The normalized spacial score (nSPS) is 21.1. The highest BCUT2D eigenvalue weighted by molar-refractivity contribution is 7.80. The summed E-state index contributed by atoms with van der Waals surface area (Å²) in [7, 11) is 0. The highest BCUT2D eigenvalue weighted by Gasteiger charge is 2.17. The van der Waals surface area contributed by atoms with Gasteiger partial charge in [-0.25, -0.2) is 5.06 Å². The fourth-order valence-electron chi connectivity index (χ4n) is 1.97. The molecule has 1 amide bonds. The number of carbonyl (C=O) groups excluding carboxylic acids is 1. The molecular weight excluding hydrogens is 290 g/mol. The van der Waals surface area contributed by atoms with Crippen LogP contribution in [-0.4, -0.2) is 57.8 Å². The van der Waals surface area contributed by atoms with Crippen molar-refractivity contribution in [2.75, 3.05) is 26.2 Å². The predicted octanol–water partition coefficient (Wildman–Crippen LogP) is 1.50. The van der Waals surface area contributed by atoms with Crippen molar-refractivity contribution in [2.45, 2.75) is 6.92 Å². The predicted molar refractivity (Wildman–Crippen MR) is 81.3 cm³/mol. The lowest BCUT2D eigenvalue weighted by Gasteiger charge is -2.32. The number of amides is 1. The maximum Gasteiger partial charge on any atom is 0.216 e. The number of piperazine rings is 1. The molecule has 0 unspecified atom stereocenters. The zero-order valence-corrected chi connectivity index (χ0v) is 12.5. The molecule has 0 aromatic heterocycles. The molecule has 0 bridgehead atoms. The van der Waals surface area contributed by atoms with Crippen LogP contribution in [-0.2, 0) is 4.79 Å². The van der Waals surface area contributed by atoms with Gasteiger partial charge in [-0.1, -0.05) is 6.08 Å². The quantitative estimate of drug-likeness (QED) is 0.475. The van der Waals surface area contributed by atoms with E-state index in [2.05, 4.69) is 10.2 Å². The van der Waals surface area contributed by atoms with Crippen molar-refractivity contribution in [3.63, 3.8) is 0 Å². The minimum Gasteiger partial charge on any atom is -0.343 e. The molecule has 2 heterocycles. The summed E-state index contributed by atoms with van der Waals surface area (Å²) in [6, 6.07) is 0. The van der Waals surface area contributed by atoms with Gasteiger partial charge in [0.1, 0.15) is 0 Å². The van der Waals surface area contributed by atoms with Crippen LogP contribution < -0.4 is 0 Å². The summed E-state index contributed by atoms with van der Waals surface area (Å²) in [4.78, 5) is 14.3. The van der Waals surface area contributed by atoms with Gasteiger partial charge in [0.05, 0.1) is 11.4 Å². The third-order valence-electron chi connectivity index (χ3n) is 3.23. The SMILES string of the molecule is C/C(N=NC(=S)N1CCN(C=O)CC1)=C1\C=CC=CN1O. The van der Waals surface area contributed by atoms with Gasteiger partial charge in [-0.15, -0.1) is 5.11 Å². The van der Waals surface area contributed by atoms with Gasteiger partial charge in [-0.2, -0.15) is 5.11 Å². The van der Waals surface area contributed by atoms with Gasteiger partial charge >= 0.3 is 0 Å². The number of hydrogen-bond acceptors (Lipinski definition) is 5. The number of hydroxylamine groups is 2. The summed E-state index contributed by atoms with van der Waals surface area (Å²) in [5.74, 6) is 0. The Balaban J connectivity index is 1.96. The zero-order valence-electron chi connectivity index (χ0n) is 11.7. The molecule has 8 heteroatoms. The molecular formula is C13H17N5O2S. The van der Waals surface area contributed by atoms with Crippen LogP contribution in [0.15, 0.2) is 46.1 Å². The molecule has 112 valence electrons. The molecule has 0 aliphatic carbocycles.